The molecule has 3 rings (SSSR count). The first-order valence-corrected chi connectivity index (χ1v) is 6.44. The second kappa shape index (κ2) is 4.21. The number of hydrogen-bond acceptors (Lipinski definition) is 4. The molecule has 0 unspecified atom stereocenters. The average Bonchev–Trinajstić information content (AvgIpc) is 2.75. The lowest BCUT2D eigenvalue weighted by molar-refractivity contribution is -0.148. The van der Waals surface area contributed by atoms with Crippen molar-refractivity contribution < 1.29 is 9.53 Å². The fourth-order valence-corrected chi connectivity index (χ4v) is 3.28. The van der Waals surface area contributed by atoms with Crippen LogP contribution in [0.1, 0.15) is 30.0 Å². The minimum Gasteiger partial charge on any atom is -0.460 e. The van der Waals surface area contributed by atoms with E-state index in [1.807, 2.05) is 18.2 Å². The average molecular weight is 264 g/mol. The monoisotopic (exact) mass is 264 g/mol. The molecule has 0 N–H and O–H groups in total. The molecule has 0 saturated carbocycles. The summed E-state index contributed by atoms with van der Waals surface area (Å²) in [5.74, 6) is -0.381. The van der Waals surface area contributed by atoms with Crippen molar-refractivity contribution in [3.63, 3.8) is 0 Å². The molecule has 4 nitrogen and oxygen atoms in total. The van der Waals surface area contributed by atoms with Gasteiger partial charge in [0.2, 0.25) is 0 Å². The number of allylic oxidation sites excluding steroid dienone is 2. The highest BCUT2D eigenvalue weighted by Gasteiger charge is 2.52. The van der Waals surface area contributed by atoms with Gasteiger partial charge >= 0.3 is 5.97 Å². The maximum atomic E-state index is 11.3. The Hall–Kier alpha value is -2.59. The van der Waals surface area contributed by atoms with E-state index in [4.69, 9.17) is 4.74 Å². The van der Waals surface area contributed by atoms with Gasteiger partial charge in [-0.2, -0.15) is 10.5 Å². The Kier molecular flexibility index (Phi) is 2.62. The molecule has 20 heavy (non-hydrogen) atoms. The molecule has 0 spiro atoms. The third-order valence-electron chi connectivity index (χ3n) is 4.10. The standard InChI is InChI=1S/C16H12N2O2/c1-10(19)20-14-7-11-3-2-4-13-12(8-17)5-6-16(14,9-18)15(11)13/h2-5,14H,6-7H2,1H3/t14-,16-/m0/s1. The molecule has 2 aliphatic rings. The first-order chi connectivity index (χ1) is 9.62. The van der Waals surface area contributed by atoms with E-state index >= 15 is 0 Å². The van der Waals surface area contributed by atoms with Crippen LogP contribution in [0.15, 0.2) is 24.3 Å². The lowest BCUT2D eigenvalue weighted by atomic mass is 9.71. The molecular formula is C16H12N2O2. The van der Waals surface area contributed by atoms with Gasteiger partial charge in [0.1, 0.15) is 11.5 Å². The SMILES string of the molecule is CC(=O)O[C@H]1Cc2cccc3c2[C@]1(C#N)CC=C3C#N. The largest absolute Gasteiger partial charge is 0.460 e. The van der Waals surface area contributed by atoms with E-state index in [2.05, 4.69) is 12.1 Å². The van der Waals surface area contributed by atoms with E-state index in [-0.39, 0.29) is 5.97 Å². The highest BCUT2D eigenvalue weighted by Crippen LogP contribution is 2.49. The van der Waals surface area contributed by atoms with E-state index < -0.39 is 11.5 Å². The van der Waals surface area contributed by atoms with Crippen molar-refractivity contribution in [3.8, 4) is 12.1 Å². The fraction of sp³-hybridized carbons (Fsp3) is 0.312. The number of nitriles is 2. The van der Waals surface area contributed by atoms with Crippen molar-refractivity contribution in [1.82, 2.24) is 0 Å². The van der Waals surface area contributed by atoms with E-state index in [1.54, 1.807) is 6.08 Å². The third kappa shape index (κ3) is 1.49. The van der Waals surface area contributed by atoms with Gasteiger partial charge in [-0.1, -0.05) is 24.3 Å². The second-order valence-corrected chi connectivity index (χ2v) is 5.16. The van der Waals surface area contributed by atoms with Crippen molar-refractivity contribution in [1.29, 1.82) is 10.5 Å². The highest BCUT2D eigenvalue weighted by atomic mass is 16.5. The van der Waals surface area contributed by atoms with Crippen LogP contribution in [0.5, 0.6) is 0 Å². The number of esters is 1. The van der Waals surface area contributed by atoms with Crippen LogP contribution in [-0.2, 0) is 21.4 Å². The molecular weight excluding hydrogens is 252 g/mol. The number of benzene rings is 1. The molecule has 4 heteroatoms. The summed E-state index contributed by atoms with van der Waals surface area (Å²) in [6.07, 6.45) is 2.24. The van der Waals surface area contributed by atoms with Crippen molar-refractivity contribution in [2.45, 2.75) is 31.3 Å². The summed E-state index contributed by atoms with van der Waals surface area (Å²) in [4.78, 5) is 11.3. The quantitative estimate of drug-likeness (QED) is 0.729. The molecule has 98 valence electrons. The molecule has 0 heterocycles. The Balaban J connectivity index is 2.22. The van der Waals surface area contributed by atoms with Crippen LogP contribution in [0.4, 0.5) is 0 Å². The topological polar surface area (TPSA) is 73.9 Å². The summed E-state index contributed by atoms with van der Waals surface area (Å²) in [6.45, 7) is 1.36. The van der Waals surface area contributed by atoms with Gasteiger partial charge in [0.25, 0.3) is 0 Å². The Morgan fingerprint density at radius 1 is 1.45 bits per heavy atom. The molecule has 1 aromatic rings. The molecule has 2 atom stereocenters. The van der Waals surface area contributed by atoms with Crippen LogP contribution in [-0.4, -0.2) is 12.1 Å². The Morgan fingerprint density at radius 3 is 2.90 bits per heavy atom. The summed E-state index contributed by atoms with van der Waals surface area (Å²) < 4.78 is 5.38. The highest BCUT2D eigenvalue weighted by molar-refractivity contribution is 5.83. The van der Waals surface area contributed by atoms with Crippen molar-refractivity contribution in [3.05, 3.63) is 41.0 Å². The minimum atomic E-state index is -0.849. The molecule has 0 aromatic heterocycles. The van der Waals surface area contributed by atoms with Crippen molar-refractivity contribution in [2.75, 3.05) is 0 Å². The predicted molar refractivity (Wildman–Crippen MR) is 71.2 cm³/mol. The second-order valence-electron chi connectivity index (χ2n) is 5.16. The van der Waals surface area contributed by atoms with E-state index in [9.17, 15) is 15.3 Å². The van der Waals surface area contributed by atoms with E-state index in [0.29, 0.717) is 18.4 Å². The van der Waals surface area contributed by atoms with Crippen molar-refractivity contribution in [2.24, 2.45) is 0 Å². The smallest absolute Gasteiger partial charge is 0.302 e. The Morgan fingerprint density at radius 2 is 2.25 bits per heavy atom. The van der Waals surface area contributed by atoms with Gasteiger partial charge in [0.05, 0.1) is 17.7 Å². The van der Waals surface area contributed by atoms with Gasteiger partial charge in [0.15, 0.2) is 0 Å². The zero-order valence-corrected chi connectivity index (χ0v) is 11.0. The molecule has 0 aliphatic heterocycles. The van der Waals surface area contributed by atoms with Gasteiger partial charge in [-0.05, 0) is 23.1 Å². The molecule has 1 aromatic carbocycles. The van der Waals surface area contributed by atoms with Gasteiger partial charge in [-0.3, -0.25) is 4.79 Å². The number of carbonyl (C=O) groups excluding carboxylic acids is 1. The Labute approximate surface area is 116 Å². The summed E-state index contributed by atoms with van der Waals surface area (Å²) in [5.41, 5.74) is 2.41. The van der Waals surface area contributed by atoms with Crippen LogP contribution in [0.3, 0.4) is 0 Å². The van der Waals surface area contributed by atoms with Gasteiger partial charge in [-0.15, -0.1) is 0 Å². The lowest BCUT2D eigenvalue weighted by Crippen LogP contribution is -2.39. The lowest BCUT2D eigenvalue weighted by Gasteiger charge is -2.32. The van der Waals surface area contributed by atoms with Crippen LogP contribution >= 0.6 is 0 Å². The number of carbonyl (C=O) groups is 1. The number of hydrogen-bond donors (Lipinski definition) is 0. The normalized spacial score (nSPS) is 25.9. The maximum Gasteiger partial charge on any atom is 0.302 e. The Bertz CT molecular complexity index is 721. The van der Waals surface area contributed by atoms with E-state index in [0.717, 1.165) is 16.7 Å². The first-order valence-electron chi connectivity index (χ1n) is 6.44. The van der Waals surface area contributed by atoms with Crippen LogP contribution in [0.25, 0.3) is 5.57 Å². The van der Waals surface area contributed by atoms with Gasteiger partial charge in [-0.25, -0.2) is 0 Å². The van der Waals surface area contributed by atoms with E-state index in [1.165, 1.54) is 6.92 Å². The zero-order valence-electron chi connectivity index (χ0n) is 11.0. The number of ether oxygens (including phenoxy) is 1. The van der Waals surface area contributed by atoms with Crippen molar-refractivity contribution >= 4 is 11.5 Å². The molecule has 0 amide bonds. The number of nitrogens with zero attached hydrogens (tertiary/aromatic N) is 2. The molecule has 0 radical (unpaired) electrons. The summed E-state index contributed by atoms with van der Waals surface area (Å²) in [6, 6.07) is 10.2. The summed E-state index contributed by atoms with van der Waals surface area (Å²) >= 11 is 0. The summed E-state index contributed by atoms with van der Waals surface area (Å²) in [7, 11) is 0. The third-order valence-corrected chi connectivity index (χ3v) is 4.10. The molecule has 0 fully saturated rings. The van der Waals surface area contributed by atoms with Crippen LogP contribution < -0.4 is 0 Å². The summed E-state index contributed by atoms with van der Waals surface area (Å²) in [5, 5.41) is 18.9. The number of rotatable bonds is 1. The fourth-order valence-electron chi connectivity index (χ4n) is 3.28. The van der Waals surface area contributed by atoms with Crippen LogP contribution in [0.2, 0.25) is 0 Å². The maximum absolute atomic E-state index is 11.3. The molecule has 0 saturated heterocycles. The minimum absolute atomic E-state index is 0.381. The predicted octanol–water partition coefficient (Wildman–Crippen LogP) is 2.25. The van der Waals surface area contributed by atoms with Gasteiger partial charge in [0, 0.05) is 13.3 Å². The zero-order chi connectivity index (χ0) is 14.3. The van der Waals surface area contributed by atoms with Crippen LogP contribution in [0, 0.1) is 22.7 Å². The first kappa shape index (κ1) is 12.4. The molecule has 0 bridgehead atoms. The van der Waals surface area contributed by atoms with Gasteiger partial charge < -0.3 is 4.74 Å². The molecule has 2 aliphatic carbocycles.